The van der Waals surface area contributed by atoms with Gasteiger partial charge in [-0.2, -0.15) is 9.37 Å². The van der Waals surface area contributed by atoms with Crippen molar-refractivity contribution in [2.45, 2.75) is 110 Å². The van der Waals surface area contributed by atoms with Crippen LogP contribution in [0.15, 0.2) is 18.3 Å². The van der Waals surface area contributed by atoms with Gasteiger partial charge in [0.05, 0.1) is 36.2 Å². The molecule has 0 bridgehead atoms. The number of ether oxygens (including phenoxy) is 2. The number of Topliss-reactive ketones (excluding diaryl/α,β-unsaturated/α-hetero) is 1. The smallest absolute Gasteiger partial charge is 0.227 e. The van der Waals surface area contributed by atoms with Gasteiger partial charge in [0.2, 0.25) is 11.8 Å². The molecule has 2 heterocycles. The number of halogens is 1. The Hall–Kier alpha value is -2.50. The second kappa shape index (κ2) is 15.6. The van der Waals surface area contributed by atoms with Crippen LogP contribution in [0.1, 0.15) is 120 Å². The monoisotopic (exact) mass is 498 g/mol. The predicted molar refractivity (Wildman–Crippen MR) is 142 cm³/mol. The molecule has 6 heteroatoms. The standard InChI is InChI=1S/C30H43FN2O3/c1-3-5-7-9-11-13-20-35-23-18-19-25(32-22-23)27-24-16-15-17-26(34)28(24)29(31)33-30(27)36-21-14-12-10-8-6-4-2/h18-19,22H,3-17,20-21H2,1-2H3. The number of unbranched alkanes of at least 4 members (excludes halogenated alkanes) is 10. The van der Waals surface area contributed by atoms with Gasteiger partial charge in [-0.1, -0.05) is 78.1 Å². The summed E-state index contributed by atoms with van der Waals surface area (Å²) in [6, 6.07) is 3.75. The number of carbonyl (C=O) groups excluding carboxylic acids is 1. The maximum atomic E-state index is 14.9. The minimum atomic E-state index is -0.727. The first-order chi connectivity index (χ1) is 17.7. The van der Waals surface area contributed by atoms with Gasteiger partial charge in [-0.15, -0.1) is 0 Å². The molecule has 2 aromatic heterocycles. The van der Waals surface area contributed by atoms with E-state index in [0.29, 0.717) is 55.0 Å². The van der Waals surface area contributed by atoms with Crippen LogP contribution in [0.2, 0.25) is 0 Å². The fraction of sp³-hybridized carbons (Fsp3) is 0.633. The van der Waals surface area contributed by atoms with Crippen LogP contribution in [0, 0.1) is 5.95 Å². The first kappa shape index (κ1) is 28.1. The molecule has 3 rings (SSSR count). The zero-order chi connectivity index (χ0) is 25.6. The first-order valence-corrected chi connectivity index (χ1v) is 14.1. The second-order valence-corrected chi connectivity index (χ2v) is 9.82. The van der Waals surface area contributed by atoms with E-state index in [1.54, 1.807) is 6.20 Å². The SMILES string of the molecule is CCCCCCCCOc1ccc(-c2c(OCCCCCCCC)nc(F)c3c2CCCC3=O)nc1. The van der Waals surface area contributed by atoms with E-state index >= 15 is 0 Å². The molecular weight excluding hydrogens is 455 g/mol. The van der Waals surface area contributed by atoms with Gasteiger partial charge in [0.25, 0.3) is 0 Å². The van der Waals surface area contributed by atoms with Crippen LogP contribution in [-0.4, -0.2) is 29.0 Å². The lowest BCUT2D eigenvalue weighted by Crippen LogP contribution is -2.17. The Morgan fingerprint density at radius 1 is 0.806 bits per heavy atom. The fourth-order valence-corrected chi connectivity index (χ4v) is 4.77. The molecule has 0 fully saturated rings. The van der Waals surface area contributed by atoms with Crippen LogP contribution in [-0.2, 0) is 6.42 Å². The molecule has 0 saturated carbocycles. The molecule has 0 spiro atoms. The van der Waals surface area contributed by atoms with Gasteiger partial charge in [0, 0.05) is 6.42 Å². The van der Waals surface area contributed by atoms with Gasteiger partial charge in [-0.3, -0.25) is 9.78 Å². The van der Waals surface area contributed by atoms with Crippen LogP contribution in [0.5, 0.6) is 11.6 Å². The molecule has 2 aromatic rings. The molecule has 1 aliphatic carbocycles. The number of carbonyl (C=O) groups is 1. The van der Waals surface area contributed by atoms with Crippen LogP contribution >= 0.6 is 0 Å². The summed E-state index contributed by atoms with van der Waals surface area (Å²) in [5.74, 6) is 0.0313. The van der Waals surface area contributed by atoms with Crippen LogP contribution in [0.4, 0.5) is 4.39 Å². The Balaban J connectivity index is 1.69. The lowest BCUT2D eigenvalue weighted by atomic mass is 9.87. The Kier molecular flexibility index (Phi) is 12.1. The predicted octanol–water partition coefficient (Wildman–Crippen LogP) is 8.28. The van der Waals surface area contributed by atoms with Crippen molar-refractivity contribution in [2.75, 3.05) is 13.2 Å². The second-order valence-electron chi connectivity index (χ2n) is 9.82. The minimum absolute atomic E-state index is 0.105. The van der Waals surface area contributed by atoms with E-state index in [0.717, 1.165) is 19.3 Å². The third-order valence-corrected chi connectivity index (χ3v) is 6.83. The highest BCUT2D eigenvalue weighted by molar-refractivity contribution is 6.00. The van der Waals surface area contributed by atoms with Gasteiger partial charge in [-0.25, -0.2) is 0 Å². The topological polar surface area (TPSA) is 61.3 Å². The van der Waals surface area contributed by atoms with Crippen molar-refractivity contribution in [3.63, 3.8) is 0 Å². The van der Waals surface area contributed by atoms with Gasteiger partial charge >= 0.3 is 0 Å². The van der Waals surface area contributed by atoms with Crippen LogP contribution < -0.4 is 9.47 Å². The van der Waals surface area contributed by atoms with E-state index in [1.165, 1.54) is 57.8 Å². The van der Waals surface area contributed by atoms with Gasteiger partial charge in [0.1, 0.15) is 5.75 Å². The number of hydrogen-bond acceptors (Lipinski definition) is 5. The third kappa shape index (κ3) is 8.28. The van der Waals surface area contributed by atoms with E-state index in [-0.39, 0.29) is 17.2 Å². The molecule has 0 saturated heterocycles. The van der Waals surface area contributed by atoms with Crippen molar-refractivity contribution < 1.29 is 18.7 Å². The summed E-state index contributed by atoms with van der Waals surface area (Å²) in [5, 5.41) is 0. The zero-order valence-electron chi connectivity index (χ0n) is 22.3. The van der Waals surface area contributed by atoms with E-state index in [1.807, 2.05) is 12.1 Å². The van der Waals surface area contributed by atoms with Gasteiger partial charge < -0.3 is 9.47 Å². The van der Waals surface area contributed by atoms with Crippen LogP contribution in [0.25, 0.3) is 11.3 Å². The highest BCUT2D eigenvalue weighted by Crippen LogP contribution is 2.38. The molecular formula is C30H43FN2O3. The van der Waals surface area contributed by atoms with E-state index in [9.17, 15) is 9.18 Å². The molecule has 0 aliphatic heterocycles. The quantitative estimate of drug-likeness (QED) is 0.162. The van der Waals surface area contributed by atoms with Crippen molar-refractivity contribution in [3.8, 4) is 22.9 Å². The number of aromatic nitrogens is 2. The molecule has 5 nitrogen and oxygen atoms in total. The molecule has 0 N–H and O–H groups in total. The van der Waals surface area contributed by atoms with Gasteiger partial charge in [0.15, 0.2) is 5.78 Å². The summed E-state index contributed by atoms with van der Waals surface area (Å²) in [4.78, 5) is 21.2. The Morgan fingerprint density at radius 2 is 1.44 bits per heavy atom. The average Bonchev–Trinajstić information content (AvgIpc) is 2.88. The van der Waals surface area contributed by atoms with Crippen LogP contribution in [0.3, 0.4) is 0 Å². The maximum Gasteiger partial charge on any atom is 0.227 e. The lowest BCUT2D eigenvalue weighted by molar-refractivity contribution is 0.0967. The molecule has 0 unspecified atom stereocenters. The zero-order valence-corrected chi connectivity index (χ0v) is 22.3. The normalized spacial score (nSPS) is 13.0. The molecule has 0 radical (unpaired) electrons. The number of rotatable bonds is 17. The summed E-state index contributed by atoms with van der Waals surface area (Å²) in [7, 11) is 0. The number of hydrogen-bond donors (Lipinski definition) is 0. The third-order valence-electron chi connectivity index (χ3n) is 6.83. The van der Waals surface area contributed by atoms with Crippen molar-refractivity contribution >= 4 is 5.78 Å². The molecule has 36 heavy (non-hydrogen) atoms. The number of ketones is 1. The van der Waals surface area contributed by atoms with Crippen molar-refractivity contribution in [3.05, 3.63) is 35.4 Å². The summed E-state index contributed by atoms with van der Waals surface area (Å²) >= 11 is 0. The molecule has 1 aliphatic rings. The first-order valence-electron chi connectivity index (χ1n) is 14.1. The number of pyridine rings is 2. The molecule has 198 valence electrons. The lowest BCUT2D eigenvalue weighted by Gasteiger charge is -2.21. The van der Waals surface area contributed by atoms with E-state index in [2.05, 4.69) is 23.8 Å². The van der Waals surface area contributed by atoms with Crippen molar-refractivity contribution in [2.24, 2.45) is 0 Å². The summed E-state index contributed by atoms with van der Waals surface area (Å²) < 4.78 is 26.8. The number of fused-ring (bicyclic) bond motifs is 1. The Morgan fingerprint density at radius 3 is 2.08 bits per heavy atom. The summed E-state index contributed by atoms with van der Waals surface area (Å²) in [5.41, 5.74) is 2.06. The van der Waals surface area contributed by atoms with E-state index in [4.69, 9.17) is 9.47 Å². The Labute approximate surface area is 216 Å². The molecule has 0 atom stereocenters. The summed E-state index contributed by atoms with van der Waals surface area (Å²) in [6.45, 7) is 5.56. The minimum Gasteiger partial charge on any atom is -0.492 e. The Bertz CT molecular complexity index is 946. The van der Waals surface area contributed by atoms with Crippen molar-refractivity contribution in [1.82, 2.24) is 9.97 Å². The number of nitrogens with zero attached hydrogens (tertiary/aromatic N) is 2. The highest BCUT2D eigenvalue weighted by Gasteiger charge is 2.29. The molecule has 0 amide bonds. The highest BCUT2D eigenvalue weighted by atomic mass is 19.1. The van der Waals surface area contributed by atoms with E-state index < -0.39 is 5.95 Å². The average molecular weight is 499 g/mol. The maximum absolute atomic E-state index is 14.9. The van der Waals surface area contributed by atoms with Gasteiger partial charge in [-0.05, 0) is 43.4 Å². The largest absolute Gasteiger partial charge is 0.492 e. The fourth-order valence-electron chi connectivity index (χ4n) is 4.77. The molecule has 0 aromatic carbocycles. The summed E-state index contributed by atoms with van der Waals surface area (Å²) in [6.07, 6.45) is 17.5. The van der Waals surface area contributed by atoms with Crippen molar-refractivity contribution in [1.29, 1.82) is 0 Å².